The Bertz CT molecular complexity index is 169. The van der Waals surface area contributed by atoms with Crippen molar-refractivity contribution in [1.29, 1.82) is 0 Å². The lowest BCUT2D eigenvalue weighted by Gasteiger charge is -2.17. The van der Waals surface area contributed by atoms with Crippen molar-refractivity contribution in [3.63, 3.8) is 0 Å². The summed E-state index contributed by atoms with van der Waals surface area (Å²) in [6.07, 6.45) is 0.760. The van der Waals surface area contributed by atoms with Crippen LogP contribution < -0.4 is 16.0 Å². The molecule has 5 nitrogen and oxygen atoms in total. The lowest BCUT2D eigenvalue weighted by molar-refractivity contribution is -0.143. The van der Waals surface area contributed by atoms with Gasteiger partial charge in [0.1, 0.15) is 6.04 Å². The van der Waals surface area contributed by atoms with E-state index in [4.69, 9.17) is 0 Å². The van der Waals surface area contributed by atoms with Crippen molar-refractivity contribution in [2.75, 3.05) is 27.4 Å². The first-order valence-corrected chi connectivity index (χ1v) is 4.47. The van der Waals surface area contributed by atoms with Gasteiger partial charge in [-0.3, -0.25) is 4.79 Å². The van der Waals surface area contributed by atoms with E-state index >= 15 is 0 Å². The van der Waals surface area contributed by atoms with E-state index in [1.54, 1.807) is 7.05 Å². The molecule has 0 radical (unpaired) electrons. The van der Waals surface area contributed by atoms with E-state index in [0.29, 0.717) is 6.04 Å². The topological polar surface area (TPSA) is 62.4 Å². The van der Waals surface area contributed by atoms with Crippen LogP contribution in [-0.2, 0) is 9.53 Å². The molecule has 0 aromatic carbocycles. The lowest BCUT2D eigenvalue weighted by Crippen LogP contribution is -2.41. The zero-order chi connectivity index (χ0) is 9.68. The summed E-state index contributed by atoms with van der Waals surface area (Å²) in [7, 11) is 3.18. The van der Waals surface area contributed by atoms with E-state index in [2.05, 4.69) is 20.7 Å². The zero-order valence-electron chi connectivity index (χ0n) is 8.09. The second-order valence-electron chi connectivity index (χ2n) is 3.13. The van der Waals surface area contributed by atoms with Gasteiger partial charge in [-0.2, -0.15) is 0 Å². The molecule has 5 heteroatoms. The summed E-state index contributed by atoms with van der Waals surface area (Å²) in [5, 5.41) is 9.35. The molecule has 0 saturated carbocycles. The van der Waals surface area contributed by atoms with Crippen molar-refractivity contribution in [3.05, 3.63) is 0 Å². The summed E-state index contributed by atoms with van der Waals surface area (Å²) in [6, 6.07) is 0.152. The quantitative estimate of drug-likeness (QED) is 0.475. The Morgan fingerprint density at radius 2 is 2.54 bits per heavy atom. The Hall–Kier alpha value is -0.650. The number of hydrogen-bond donors (Lipinski definition) is 3. The SMILES string of the molecule is CNC(CC1CNCN1)C(=O)OC. The molecule has 1 fully saturated rings. The molecular weight excluding hydrogens is 170 g/mol. The van der Waals surface area contributed by atoms with Crippen LogP contribution in [-0.4, -0.2) is 45.4 Å². The molecule has 0 bridgehead atoms. The first-order chi connectivity index (χ1) is 6.27. The van der Waals surface area contributed by atoms with E-state index in [1.807, 2.05) is 0 Å². The zero-order valence-corrected chi connectivity index (χ0v) is 8.09. The maximum absolute atomic E-state index is 11.2. The van der Waals surface area contributed by atoms with E-state index in [1.165, 1.54) is 7.11 Å². The van der Waals surface area contributed by atoms with Gasteiger partial charge >= 0.3 is 5.97 Å². The molecule has 2 unspecified atom stereocenters. The van der Waals surface area contributed by atoms with Crippen LogP contribution in [0.4, 0.5) is 0 Å². The molecule has 1 saturated heterocycles. The van der Waals surface area contributed by atoms with Gasteiger partial charge in [0.05, 0.1) is 7.11 Å². The standard InChI is InChI=1S/C8H17N3O2/c1-9-7(8(12)13-2)3-6-4-10-5-11-6/h6-7,9-11H,3-5H2,1-2H3. The summed E-state index contributed by atoms with van der Waals surface area (Å²) in [5.41, 5.74) is 0. The summed E-state index contributed by atoms with van der Waals surface area (Å²) < 4.78 is 4.66. The van der Waals surface area contributed by atoms with Crippen molar-refractivity contribution in [2.45, 2.75) is 18.5 Å². The molecule has 1 aliphatic heterocycles. The fourth-order valence-electron chi connectivity index (χ4n) is 1.46. The maximum Gasteiger partial charge on any atom is 0.322 e. The molecule has 0 aromatic heterocycles. The second-order valence-corrected chi connectivity index (χ2v) is 3.13. The van der Waals surface area contributed by atoms with Crippen LogP contribution in [0.5, 0.6) is 0 Å². The van der Waals surface area contributed by atoms with Crippen LogP contribution >= 0.6 is 0 Å². The van der Waals surface area contributed by atoms with Crippen molar-refractivity contribution >= 4 is 5.97 Å². The van der Waals surface area contributed by atoms with Crippen LogP contribution in [0.25, 0.3) is 0 Å². The highest BCUT2D eigenvalue weighted by Gasteiger charge is 2.23. The minimum absolute atomic E-state index is 0.198. The monoisotopic (exact) mass is 187 g/mol. The second kappa shape index (κ2) is 5.16. The normalized spacial score (nSPS) is 24.3. The fourth-order valence-corrected chi connectivity index (χ4v) is 1.46. The number of esters is 1. The van der Waals surface area contributed by atoms with Crippen LogP contribution in [0.1, 0.15) is 6.42 Å². The van der Waals surface area contributed by atoms with Gasteiger partial charge in [0.2, 0.25) is 0 Å². The first-order valence-electron chi connectivity index (χ1n) is 4.47. The highest BCUT2D eigenvalue weighted by molar-refractivity contribution is 5.75. The van der Waals surface area contributed by atoms with E-state index in [-0.39, 0.29) is 12.0 Å². The molecular formula is C8H17N3O2. The van der Waals surface area contributed by atoms with E-state index in [9.17, 15) is 4.79 Å². The average Bonchev–Trinajstić information content (AvgIpc) is 2.65. The van der Waals surface area contributed by atoms with Gasteiger partial charge in [-0.25, -0.2) is 0 Å². The average molecular weight is 187 g/mol. The molecule has 13 heavy (non-hydrogen) atoms. The molecule has 1 rings (SSSR count). The number of rotatable bonds is 4. The third kappa shape index (κ3) is 2.95. The fraction of sp³-hybridized carbons (Fsp3) is 0.875. The van der Waals surface area contributed by atoms with Gasteiger partial charge in [0, 0.05) is 19.3 Å². The highest BCUT2D eigenvalue weighted by atomic mass is 16.5. The number of likely N-dealkylation sites (N-methyl/N-ethyl adjacent to an activating group) is 1. The maximum atomic E-state index is 11.2. The number of ether oxygens (including phenoxy) is 1. The predicted octanol–water partition coefficient (Wildman–Crippen LogP) is -1.34. The minimum atomic E-state index is -0.206. The molecule has 0 spiro atoms. The molecule has 0 aromatic rings. The molecule has 0 aliphatic carbocycles. The molecule has 0 amide bonds. The Balaban J connectivity index is 2.33. The van der Waals surface area contributed by atoms with Crippen LogP contribution in [0, 0.1) is 0 Å². The summed E-state index contributed by atoms with van der Waals surface area (Å²) >= 11 is 0. The minimum Gasteiger partial charge on any atom is -0.468 e. The third-order valence-corrected chi connectivity index (χ3v) is 2.26. The first kappa shape index (κ1) is 10.4. The van der Waals surface area contributed by atoms with Crippen LogP contribution in [0.2, 0.25) is 0 Å². The third-order valence-electron chi connectivity index (χ3n) is 2.26. The van der Waals surface area contributed by atoms with Gasteiger partial charge < -0.3 is 20.7 Å². The summed E-state index contributed by atoms with van der Waals surface area (Å²) in [5.74, 6) is -0.198. The Kier molecular flexibility index (Phi) is 4.14. The van der Waals surface area contributed by atoms with Gasteiger partial charge in [-0.05, 0) is 13.5 Å². The molecule has 2 atom stereocenters. The van der Waals surface area contributed by atoms with Gasteiger partial charge in [0.15, 0.2) is 0 Å². The van der Waals surface area contributed by atoms with Crippen molar-refractivity contribution in [1.82, 2.24) is 16.0 Å². The van der Waals surface area contributed by atoms with Gasteiger partial charge in [0.25, 0.3) is 0 Å². The van der Waals surface area contributed by atoms with E-state index in [0.717, 1.165) is 19.6 Å². The Morgan fingerprint density at radius 1 is 1.77 bits per heavy atom. The molecule has 1 aliphatic rings. The summed E-state index contributed by atoms with van der Waals surface area (Å²) in [6.45, 7) is 1.73. The largest absolute Gasteiger partial charge is 0.468 e. The van der Waals surface area contributed by atoms with Gasteiger partial charge in [-0.1, -0.05) is 0 Å². The number of nitrogens with one attached hydrogen (secondary N) is 3. The predicted molar refractivity (Wildman–Crippen MR) is 49.3 cm³/mol. The smallest absolute Gasteiger partial charge is 0.322 e. The highest BCUT2D eigenvalue weighted by Crippen LogP contribution is 2.01. The lowest BCUT2D eigenvalue weighted by atomic mass is 10.1. The van der Waals surface area contributed by atoms with Crippen molar-refractivity contribution < 1.29 is 9.53 Å². The number of carbonyl (C=O) groups excluding carboxylic acids is 1. The molecule has 3 N–H and O–H groups in total. The number of carbonyl (C=O) groups is 1. The molecule has 76 valence electrons. The van der Waals surface area contributed by atoms with Crippen LogP contribution in [0.15, 0.2) is 0 Å². The van der Waals surface area contributed by atoms with Gasteiger partial charge in [-0.15, -0.1) is 0 Å². The molecule has 1 heterocycles. The van der Waals surface area contributed by atoms with Crippen molar-refractivity contribution in [2.24, 2.45) is 0 Å². The number of hydrogen-bond acceptors (Lipinski definition) is 5. The van der Waals surface area contributed by atoms with Crippen LogP contribution in [0.3, 0.4) is 0 Å². The summed E-state index contributed by atoms with van der Waals surface area (Å²) in [4.78, 5) is 11.2. The Morgan fingerprint density at radius 3 is 3.00 bits per heavy atom. The van der Waals surface area contributed by atoms with E-state index < -0.39 is 0 Å². The van der Waals surface area contributed by atoms with Crippen molar-refractivity contribution in [3.8, 4) is 0 Å². The number of methoxy groups -OCH3 is 1. The Labute approximate surface area is 78.2 Å².